The lowest BCUT2D eigenvalue weighted by Gasteiger charge is -2.25. The number of benzene rings is 3. The predicted octanol–water partition coefficient (Wildman–Crippen LogP) is 4.65. The minimum Gasteiger partial charge on any atom is -0.489 e. The summed E-state index contributed by atoms with van der Waals surface area (Å²) in [4.78, 5) is 42.4. The van der Waals surface area contributed by atoms with Gasteiger partial charge >= 0.3 is 5.97 Å². The van der Waals surface area contributed by atoms with Gasteiger partial charge in [0.15, 0.2) is 5.82 Å². The highest BCUT2D eigenvalue weighted by Gasteiger charge is 2.24. The fourth-order valence-electron chi connectivity index (χ4n) is 5.19. The van der Waals surface area contributed by atoms with Gasteiger partial charge in [-0.2, -0.15) is 5.10 Å². The molecule has 14 heteroatoms. The van der Waals surface area contributed by atoms with Gasteiger partial charge in [0.05, 0.1) is 28.0 Å². The Morgan fingerprint density at radius 1 is 1.00 bits per heavy atom. The van der Waals surface area contributed by atoms with Crippen molar-refractivity contribution in [2.45, 2.75) is 13.0 Å². The number of rotatable bonds is 13. The van der Waals surface area contributed by atoms with Crippen LogP contribution in [0.2, 0.25) is 0 Å². The van der Waals surface area contributed by atoms with Crippen molar-refractivity contribution >= 4 is 40.2 Å². The van der Waals surface area contributed by atoms with Crippen molar-refractivity contribution in [3.63, 3.8) is 0 Å². The number of primary amides is 1. The fourth-order valence-corrected chi connectivity index (χ4v) is 5.19. The average Bonchev–Trinajstić information content (AvgIpc) is 3.66. The zero-order valence-corrected chi connectivity index (χ0v) is 25.9. The van der Waals surface area contributed by atoms with Crippen LogP contribution in [-0.4, -0.2) is 76.8 Å². The highest BCUT2D eigenvalue weighted by atomic mass is 19.1. The molecule has 0 saturated heterocycles. The van der Waals surface area contributed by atoms with Crippen molar-refractivity contribution < 1.29 is 33.0 Å². The number of H-pyrrole nitrogens is 1. The molecular formula is C33H33F2N7O5. The van der Waals surface area contributed by atoms with Crippen LogP contribution in [0.5, 0.6) is 5.75 Å². The maximum absolute atomic E-state index is 13.8. The standard InChI is InChI=1S/C33H33F2N7O5/c1-40(2)9-5-10-41(3)28-16-23(30(36)43)24(17-29(28)42-11-4-6-27(42)33(45)46)32(44)37-31-25-15-22(7-8-26(25)38-39-31)47-18-19-12-20(34)14-21(35)13-19/h4,6-8,11-17H,5,9-10,18H2,1-3H3,(H2,36,43)(H,45,46)(H2,37,38,39,44). The SMILES string of the molecule is CN(C)CCCN(C)c1cc(C(N)=O)c(C(=O)Nc2n[nH]c3ccc(OCc4cc(F)cc(F)c4)cc23)cc1-n1cccc1C(=O)O. The van der Waals surface area contributed by atoms with Gasteiger partial charge in [0.2, 0.25) is 5.91 Å². The molecule has 47 heavy (non-hydrogen) atoms. The Hall–Kier alpha value is -5.76. The molecule has 2 aromatic heterocycles. The van der Waals surface area contributed by atoms with Crippen LogP contribution in [0.3, 0.4) is 0 Å². The molecule has 0 aliphatic rings. The zero-order chi connectivity index (χ0) is 33.8. The normalized spacial score (nSPS) is 11.2. The Morgan fingerprint density at radius 3 is 2.43 bits per heavy atom. The van der Waals surface area contributed by atoms with E-state index in [2.05, 4.69) is 15.5 Å². The van der Waals surface area contributed by atoms with Gasteiger partial charge in [-0.1, -0.05) is 0 Å². The maximum atomic E-state index is 13.8. The number of amides is 2. The number of aromatic nitrogens is 3. The largest absolute Gasteiger partial charge is 0.489 e. The molecule has 0 saturated carbocycles. The van der Waals surface area contributed by atoms with Gasteiger partial charge in [0.1, 0.15) is 29.7 Å². The molecule has 0 atom stereocenters. The number of carboxylic acids is 1. The van der Waals surface area contributed by atoms with E-state index in [1.165, 1.54) is 22.8 Å². The molecule has 0 aliphatic carbocycles. The number of carboxylic acid groups (broad SMARTS) is 1. The van der Waals surface area contributed by atoms with Crippen LogP contribution in [0.15, 0.2) is 66.9 Å². The minimum absolute atomic E-state index is 0.0436. The van der Waals surface area contributed by atoms with Gasteiger partial charge < -0.3 is 35.3 Å². The molecule has 0 fully saturated rings. The number of anilines is 2. The maximum Gasteiger partial charge on any atom is 0.352 e. The van der Waals surface area contributed by atoms with Crippen molar-refractivity contribution in [3.8, 4) is 11.4 Å². The van der Waals surface area contributed by atoms with Crippen molar-refractivity contribution in [3.05, 3.63) is 101 Å². The van der Waals surface area contributed by atoms with Gasteiger partial charge in [-0.15, -0.1) is 0 Å². The Balaban J connectivity index is 1.49. The molecule has 0 radical (unpaired) electrons. The van der Waals surface area contributed by atoms with Gasteiger partial charge in [0, 0.05) is 31.2 Å². The van der Waals surface area contributed by atoms with E-state index in [1.807, 2.05) is 30.9 Å². The highest BCUT2D eigenvalue weighted by Crippen LogP contribution is 2.32. The zero-order valence-electron chi connectivity index (χ0n) is 25.9. The van der Waals surface area contributed by atoms with Crippen molar-refractivity contribution in [1.29, 1.82) is 0 Å². The van der Waals surface area contributed by atoms with Crippen LogP contribution in [0, 0.1) is 11.6 Å². The van der Waals surface area contributed by atoms with Crippen molar-refractivity contribution in [2.75, 3.05) is 44.4 Å². The molecule has 244 valence electrons. The van der Waals surface area contributed by atoms with E-state index < -0.39 is 29.4 Å². The summed E-state index contributed by atoms with van der Waals surface area (Å²) in [7, 11) is 5.71. The number of aromatic carboxylic acids is 1. The second-order valence-corrected chi connectivity index (χ2v) is 11.2. The summed E-state index contributed by atoms with van der Waals surface area (Å²) in [5.74, 6) is -3.75. The number of nitrogens with zero attached hydrogens (tertiary/aromatic N) is 4. The molecule has 3 aromatic carbocycles. The van der Waals surface area contributed by atoms with E-state index in [4.69, 9.17) is 10.5 Å². The number of hydrogen-bond donors (Lipinski definition) is 4. The number of carbonyl (C=O) groups excluding carboxylic acids is 2. The lowest BCUT2D eigenvalue weighted by atomic mass is 10.0. The van der Waals surface area contributed by atoms with Gasteiger partial charge in [-0.3, -0.25) is 14.7 Å². The first kappa shape index (κ1) is 32.6. The molecule has 2 amide bonds. The van der Waals surface area contributed by atoms with E-state index in [0.29, 0.717) is 40.1 Å². The van der Waals surface area contributed by atoms with Crippen molar-refractivity contribution in [1.82, 2.24) is 19.7 Å². The van der Waals surface area contributed by atoms with Crippen molar-refractivity contribution in [2.24, 2.45) is 5.73 Å². The first-order valence-electron chi connectivity index (χ1n) is 14.5. The van der Waals surface area contributed by atoms with E-state index in [0.717, 1.165) is 31.2 Å². The van der Waals surface area contributed by atoms with Crippen LogP contribution in [-0.2, 0) is 6.61 Å². The Kier molecular flexibility index (Phi) is 9.51. The topological polar surface area (TPSA) is 159 Å². The average molecular weight is 646 g/mol. The van der Waals surface area contributed by atoms with Crippen LogP contribution in [0.4, 0.5) is 20.3 Å². The van der Waals surface area contributed by atoms with Gasteiger partial charge in [-0.05, 0) is 87.2 Å². The van der Waals surface area contributed by atoms with E-state index in [-0.39, 0.29) is 29.2 Å². The molecule has 0 bridgehead atoms. The third-order valence-electron chi connectivity index (χ3n) is 7.46. The van der Waals surface area contributed by atoms with Crippen LogP contribution >= 0.6 is 0 Å². The molecule has 2 heterocycles. The quantitative estimate of drug-likeness (QED) is 0.144. The van der Waals surface area contributed by atoms with Crippen LogP contribution in [0.25, 0.3) is 16.6 Å². The number of nitrogens with one attached hydrogen (secondary N) is 2. The number of ether oxygens (including phenoxy) is 1. The highest BCUT2D eigenvalue weighted by molar-refractivity contribution is 6.14. The summed E-state index contributed by atoms with van der Waals surface area (Å²) in [6.07, 6.45) is 2.33. The summed E-state index contributed by atoms with van der Waals surface area (Å²) < 4.78 is 34.4. The second-order valence-electron chi connectivity index (χ2n) is 11.2. The number of aromatic amines is 1. The Morgan fingerprint density at radius 2 is 1.74 bits per heavy atom. The number of nitrogens with two attached hydrogens (primary N) is 1. The lowest BCUT2D eigenvalue weighted by Crippen LogP contribution is -2.27. The number of carbonyl (C=O) groups is 3. The third kappa shape index (κ3) is 7.39. The smallest absolute Gasteiger partial charge is 0.352 e. The number of fused-ring (bicyclic) bond motifs is 1. The monoisotopic (exact) mass is 645 g/mol. The summed E-state index contributed by atoms with van der Waals surface area (Å²) >= 11 is 0. The Labute approximate surface area is 268 Å². The molecule has 12 nitrogen and oxygen atoms in total. The molecule has 5 aromatic rings. The van der Waals surface area contributed by atoms with E-state index >= 15 is 0 Å². The fraction of sp³-hybridized carbons (Fsp3) is 0.212. The molecular weight excluding hydrogens is 612 g/mol. The van der Waals surface area contributed by atoms with Gasteiger partial charge in [-0.25, -0.2) is 13.6 Å². The minimum atomic E-state index is -1.18. The third-order valence-corrected chi connectivity index (χ3v) is 7.46. The summed E-state index contributed by atoms with van der Waals surface area (Å²) in [6, 6.07) is 13.9. The number of hydrogen-bond acceptors (Lipinski definition) is 7. The summed E-state index contributed by atoms with van der Waals surface area (Å²) in [5.41, 5.74) is 7.24. The first-order chi connectivity index (χ1) is 22.4. The number of halogens is 2. The summed E-state index contributed by atoms with van der Waals surface area (Å²) in [5, 5.41) is 20.0. The van der Waals surface area contributed by atoms with Crippen LogP contribution < -0.4 is 20.7 Å². The summed E-state index contributed by atoms with van der Waals surface area (Å²) in [6.45, 7) is 1.25. The van der Waals surface area contributed by atoms with Crippen LogP contribution in [0.1, 0.15) is 43.2 Å². The molecule has 5 rings (SSSR count). The Bertz CT molecular complexity index is 1950. The molecule has 0 aliphatic heterocycles. The predicted molar refractivity (Wildman–Crippen MR) is 172 cm³/mol. The first-order valence-corrected chi connectivity index (χ1v) is 14.5. The van der Waals surface area contributed by atoms with Gasteiger partial charge in [0.25, 0.3) is 5.91 Å². The van der Waals surface area contributed by atoms with E-state index in [9.17, 15) is 28.3 Å². The van der Waals surface area contributed by atoms with E-state index in [1.54, 1.807) is 30.5 Å². The molecule has 0 unspecified atom stereocenters. The molecule has 5 N–H and O–H groups in total. The second kappa shape index (κ2) is 13.7. The lowest BCUT2D eigenvalue weighted by molar-refractivity contribution is 0.0687. The molecule has 0 spiro atoms.